The van der Waals surface area contributed by atoms with Crippen molar-refractivity contribution in [2.45, 2.75) is 25.3 Å². The third kappa shape index (κ3) is 3.05. The van der Waals surface area contributed by atoms with E-state index in [1.807, 2.05) is 18.2 Å². The fraction of sp³-hybridized carbons (Fsp3) is 0.562. The second kappa shape index (κ2) is 6.25. The molecule has 0 spiro atoms. The van der Waals surface area contributed by atoms with E-state index in [-0.39, 0.29) is 5.78 Å². The number of benzene rings is 1. The summed E-state index contributed by atoms with van der Waals surface area (Å²) in [6.45, 7) is 5.48. The summed E-state index contributed by atoms with van der Waals surface area (Å²) in [5.74, 6) is 0.157. The topological polar surface area (TPSA) is 23.6 Å². The van der Waals surface area contributed by atoms with Crippen LogP contribution in [0, 0.1) is 0 Å². The minimum absolute atomic E-state index is 0.157. The Morgan fingerprint density at radius 2 is 2.10 bits per heavy atom. The monoisotopic (exact) mass is 292 g/mol. The van der Waals surface area contributed by atoms with Gasteiger partial charge in [-0.3, -0.25) is 9.69 Å². The van der Waals surface area contributed by atoms with Gasteiger partial charge in [-0.05, 0) is 31.5 Å². The minimum atomic E-state index is 0.157. The number of ketones is 1. The molecule has 3 rings (SSSR count). The van der Waals surface area contributed by atoms with Crippen LogP contribution in [-0.2, 0) is 0 Å². The Kier molecular flexibility index (Phi) is 4.39. The smallest absolute Gasteiger partial charge is 0.165 e. The van der Waals surface area contributed by atoms with Crippen LogP contribution in [0.3, 0.4) is 0 Å². The van der Waals surface area contributed by atoms with Gasteiger partial charge in [0.25, 0.3) is 0 Å². The number of hydrogen-bond acceptors (Lipinski definition) is 3. The summed E-state index contributed by atoms with van der Waals surface area (Å²) < 4.78 is 0. The number of carbonyl (C=O) groups is 1. The third-order valence-electron chi connectivity index (χ3n) is 4.50. The van der Waals surface area contributed by atoms with Gasteiger partial charge in [0.05, 0.1) is 5.02 Å². The summed E-state index contributed by atoms with van der Waals surface area (Å²) in [7, 11) is 0. The number of nitrogens with zero attached hydrogens (tertiary/aromatic N) is 2. The van der Waals surface area contributed by atoms with Crippen molar-refractivity contribution in [2.24, 2.45) is 0 Å². The second-order valence-corrected chi connectivity index (χ2v) is 6.19. The quantitative estimate of drug-likeness (QED) is 0.797. The molecule has 0 aliphatic carbocycles. The molecule has 20 heavy (non-hydrogen) atoms. The van der Waals surface area contributed by atoms with Crippen molar-refractivity contribution in [1.82, 2.24) is 9.80 Å². The molecule has 0 saturated carbocycles. The molecule has 0 bridgehead atoms. The van der Waals surface area contributed by atoms with Gasteiger partial charge in [0.1, 0.15) is 0 Å². The molecular weight excluding hydrogens is 272 g/mol. The number of rotatable bonds is 4. The summed E-state index contributed by atoms with van der Waals surface area (Å²) in [5.41, 5.74) is 0.661. The molecule has 2 heterocycles. The van der Waals surface area contributed by atoms with Gasteiger partial charge in [0, 0.05) is 44.2 Å². The first-order chi connectivity index (χ1) is 9.74. The van der Waals surface area contributed by atoms with Gasteiger partial charge in [0.15, 0.2) is 5.78 Å². The predicted molar refractivity (Wildman–Crippen MR) is 81.4 cm³/mol. The molecular formula is C16H21ClN2O. The van der Waals surface area contributed by atoms with E-state index in [1.54, 1.807) is 6.07 Å². The van der Waals surface area contributed by atoms with Crippen LogP contribution in [0.2, 0.25) is 5.02 Å². The van der Waals surface area contributed by atoms with E-state index in [9.17, 15) is 4.79 Å². The minimum Gasteiger partial charge on any atom is -0.300 e. The number of hydrogen-bond donors (Lipinski definition) is 0. The largest absolute Gasteiger partial charge is 0.300 e. The highest BCUT2D eigenvalue weighted by Crippen LogP contribution is 2.22. The molecule has 2 fully saturated rings. The number of piperazine rings is 1. The lowest BCUT2D eigenvalue weighted by Gasteiger charge is -2.37. The molecule has 108 valence electrons. The maximum atomic E-state index is 12.2. The Bertz CT molecular complexity index is 491. The zero-order valence-electron chi connectivity index (χ0n) is 11.7. The predicted octanol–water partition coefficient (Wildman–Crippen LogP) is 2.69. The maximum absolute atomic E-state index is 12.2. The Hall–Kier alpha value is -0.900. The van der Waals surface area contributed by atoms with E-state index in [4.69, 9.17) is 11.6 Å². The zero-order valence-corrected chi connectivity index (χ0v) is 12.5. The summed E-state index contributed by atoms with van der Waals surface area (Å²) in [4.78, 5) is 17.2. The maximum Gasteiger partial charge on any atom is 0.165 e. The van der Waals surface area contributed by atoms with E-state index >= 15 is 0 Å². The van der Waals surface area contributed by atoms with Crippen LogP contribution < -0.4 is 0 Å². The van der Waals surface area contributed by atoms with E-state index < -0.39 is 0 Å². The van der Waals surface area contributed by atoms with Crippen LogP contribution in [0.15, 0.2) is 24.3 Å². The average molecular weight is 293 g/mol. The van der Waals surface area contributed by atoms with Gasteiger partial charge in [-0.15, -0.1) is 0 Å². The Morgan fingerprint density at radius 3 is 2.95 bits per heavy atom. The highest BCUT2D eigenvalue weighted by Gasteiger charge is 2.30. The molecule has 0 aromatic heterocycles. The van der Waals surface area contributed by atoms with Crippen molar-refractivity contribution in [2.75, 3.05) is 32.7 Å². The number of fused-ring (bicyclic) bond motifs is 1. The van der Waals surface area contributed by atoms with Crippen molar-refractivity contribution >= 4 is 17.4 Å². The fourth-order valence-corrected chi connectivity index (χ4v) is 3.58. The highest BCUT2D eigenvalue weighted by molar-refractivity contribution is 6.33. The van der Waals surface area contributed by atoms with Crippen molar-refractivity contribution in [3.05, 3.63) is 34.9 Å². The number of halogens is 1. The molecule has 2 aliphatic heterocycles. The van der Waals surface area contributed by atoms with Crippen LogP contribution in [0.1, 0.15) is 29.6 Å². The number of carbonyl (C=O) groups excluding carboxylic acids is 1. The fourth-order valence-electron chi connectivity index (χ4n) is 3.34. The zero-order chi connectivity index (χ0) is 13.9. The lowest BCUT2D eigenvalue weighted by atomic mass is 10.1. The Morgan fingerprint density at radius 1 is 1.25 bits per heavy atom. The van der Waals surface area contributed by atoms with Gasteiger partial charge >= 0.3 is 0 Å². The van der Waals surface area contributed by atoms with E-state index in [0.717, 1.165) is 32.2 Å². The molecule has 0 amide bonds. The molecule has 0 radical (unpaired) electrons. The summed E-state index contributed by atoms with van der Waals surface area (Å²) >= 11 is 6.07. The van der Waals surface area contributed by atoms with E-state index in [0.29, 0.717) is 17.0 Å². The number of Topliss-reactive ketones (excluding diaryl/α,β-unsaturated/α-hetero) is 1. The van der Waals surface area contributed by atoms with Crippen LogP contribution in [-0.4, -0.2) is 54.3 Å². The lowest BCUT2D eigenvalue weighted by molar-refractivity contribution is 0.0871. The molecule has 2 saturated heterocycles. The normalized spacial score (nSPS) is 23.8. The molecule has 2 aliphatic rings. The average Bonchev–Trinajstić information content (AvgIpc) is 2.92. The van der Waals surface area contributed by atoms with Gasteiger partial charge in [-0.2, -0.15) is 0 Å². The highest BCUT2D eigenvalue weighted by atomic mass is 35.5. The first-order valence-corrected chi connectivity index (χ1v) is 7.86. The van der Waals surface area contributed by atoms with Gasteiger partial charge in [-0.25, -0.2) is 0 Å². The van der Waals surface area contributed by atoms with Gasteiger partial charge in [0.2, 0.25) is 0 Å². The lowest BCUT2D eigenvalue weighted by Crippen LogP contribution is -2.50. The van der Waals surface area contributed by atoms with Crippen LogP contribution in [0.25, 0.3) is 0 Å². The van der Waals surface area contributed by atoms with Crippen molar-refractivity contribution < 1.29 is 4.79 Å². The molecule has 1 aromatic carbocycles. The van der Waals surface area contributed by atoms with E-state index in [2.05, 4.69) is 9.80 Å². The first-order valence-electron chi connectivity index (χ1n) is 7.48. The second-order valence-electron chi connectivity index (χ2n) is 5.79. The van der Waals surface area contributed by atoms with Gasteiger partial charge < -0.3 is 4.90 Å². The summed E-state index contributed by atoms with van der Waals surface area (Å²) in [6, 6.07) is 8.06. The molecule has 1 aromatic rings. The Balaban J connectivity index is 1.52. The Labute approximate surface area is 125 Å². The molecule has 1 unspecified atom stereocenters. The third-order valence-corrected chi connectivity index (χ3v) is 4.83. The van der Waals surface area contributed by atoms with Crippen LogP contribution in [0.5, 0.6) is 0 Å². The first kappa shape index (κ1) is 14.1. The van der Waals surface area contributed by atoms with Crippen LogP contribution >= 0.6 is 11.6 Å². The van der Waals surface area contributed by atoms with Crippen LogP contribution in [0.4, 0.5) is 0 Å². The summed E-state index contributed by atoms with van der Waals surface area (Å²) in [5, 5.41) is 0.568. The van der Waals surface area contributed by atoms with Crippen molar-refractivity contribution in [1.29, 1.82) is 0 Å². The van der Waals surface area contributed by atoms with Crippen molar-refractivity contribution in [3.8, 4) is 0 Å². The molecule has 4 heteroatoms. The van der Waals surface area contributed by atoms with Crippen molar-refractivity contribution in [3.63, 3.8) is 0 Å². The van der Waals surface area contributed by atoms with Gasteiger partial charge in [-0.1, -0.05) is 23.7 Å². The molecule has 0 N–H and O–H groups in total. The molecule has 3 nitrogen and oxygen atoms in total. The SMILES string of the molecule is O=C(CCN1CCN2CCCC2C1)c1ccccc1Cl. The standard InChI is InChI=1S/C16H21ClN2O/c17-15-6-2-1-5-14(15)16(20)7-9-18-10-11-19-8-3-4-13(19)12-18/h1-2,5-6,13H,3-4,7-12H2. The molecule has 1 atom stereocenters. The van der Waals surface area contributed by atoms with E-state index in [1.165, 1.54) is 19.4 Å². The summed E-state index contributed by atoms with van der Waals surface area (Å²) in [6.07, 6.45) is 3.21.